The van der Waals surface area contributed by atoms with Gasteiger partial charge in [-0.05, 0) is 25.7 Å². The number of sulfonamides is 1. The summed E-state index contributed by atoms with van der Waals surface area (Å²) in [6, 6.07) is 0. The third kappa shape index (κ3) is 4.05. The van der Waals surface area contributed by atoms with Gasteiger partial charge in [0, 0.05) is 26.2 Å². The molecule has 1 aliphatic heterocycles. The molecule has 0 radical (unpaired) electrons. The molecule has 2 fully saturated rings. The first-order valence-corrected chi connectivity index (χ1v) is 8.02. The first kappa shape index (κ1) is 16.7. The minimum atomic E-state index is -3.15. The predicted molar refractivity (Wildman–Crippen MR) is 75.6 cm³/mol. The van der Waals surface area contributed by atoms with Crippen molar-refractivity contribution in [1.29, 1.82) is 0 Å². The van der Waals surface area contributed by atoms with Gasteiger partial charge in [0.2, 0.25) is 15.9 Å². The summed E-state index contributed by atoms with van der Waals surface area (Å²) >= 11 is 0. The van der Waals surface area contributed by atoms with E-state index < -0.39 is 10.0 Å². The second-order valence-corrected chi connectivity index (χ2v) is 7.23. The van der Waals surface area contributed by atoms with Gasteiger partial charge in [-0.15, -0.1) is 12.4 Å². The van der Waals surface area contributed by atoms with E-state index in [4.69, 9.17) is 5.73 Å². The summed E-state index contributed by atoms with van der Waals surface area (Å²) in [5.41, 5.74) is 5.33. The molecule has 3 N–H and O–H groups in total. The lowest BCUT2D eigenvalue weighted by Crippen LogP contribution is -2.47. The van der Waals surface area contributed by atoms with E-state index >= 15 is 0 Å². The molecule has 0 spiro atoms. The number of carbonyl (C=O) groups excluding carboxylic acids is 1. The first-order valence-electron chi connectivity index (χ1n) is 6.52. The molecule has 112 valence electrons. The summed E-state index contributed by atoms with van der Waals surface area (Å²) in [6.45, 7) is 1.74. The van der Waals surface area contributed by atoms with E-state index in [9.17, 15) is 13.2 Å². The monoisotopic (exact) mass is 311 g/mol. The van der Waals surface area contributed by atoms with Gasteiger partial charge >= 0.3 is 0 Å². The molecule has 0 bridgehead atoms. The van der Waals surface area contributed by atoms with Gasteiger partial charge in [0.05, 0.1) is 11.2 Å². The molecular weight excluding hydrogens is 290 g/mol. The van der Waals surface area contributed by atoms with Crippen molar-refractivity contribution in [2.75, 3.05) is 26.2 Å². The Balaban J connectivity index is 0.00000180. The highest BCUT2D eigenvalue weighted by molar-refractivity contribution is 7.90. The van der Waals surface area contributed by atoms with E-state index in [0.717, 1.165) is 25.7 Å². The van der Waals surface area contributed by atoms with E-state index in [2.05, 4.69) is 5.32 Å². The molecule has 1 amide bonds. The van der Waals surface area contributed by atoms with Crippen LogP contribution in [0.2, 0.25) is 0 Å². The zero-order valence-electron chi connectivity index (χ0n) is 10.9. The summed E-state index contributed by atoms with van der Waals surface area (Å²) in [5, 5.41) is 2.54. The third-order valence-electron chi connectivity index (χ3n) is 3.50. The van der Waals surface area contributed by atoms with Crippen molar-refractivity contribution in [3.05, 3.63) is 0 Å². The summed E-state index contributed by atoms with van der Waals surface area (Å²) in [4.78, 5) is 11.8. The van der Waals surface area contributed by atoms with Gasteiger partial charge in [-0.1, -0.05) is 0 Å². The maximum absolute atomic E-state index is 12.1. The van der Waals surface area contributed by atoms with Crippen LogP contribution in [-0.2, 0) is 14.8 Å². The van der Waals surface area contributed by atoms with Gasteiger partial charge in [0.25, 0.3) is 0 Å². The lowest BCUT2D eigenvalue weighted by atomic mass is 9.99. The normalized spacial score (nSPS) is 24.6. The van der Waals surface area contributed by atoms with Crippen LogP contribution >= 0.6 is 12.4 Å². The molecule has 1 saturated heterocycles. The molecule has 19 heavy (non-hydrogen) atoms. The molecular formula is C11H22ClN3O3S. The fourth-order valence-corrected chi connectivity index (χ4v) is 4.23. The Bertz CT molecular complexity index is 411. The van der Waals surface area contributed by atoms with Crippen LogP contribution in [0.25, 0.3) is 0 Å². The molecule has 2 aliphatic rings. The second-order valence-electron chi connectivity index (χ2n) is 5.02. The van der Waals surface area contributed by atoms with Gasteiger partial charge in [0.1, 0.15) is 0 Å². The van der Waals surface area contributed by atoms with Crippen LogP contribution in [0.5, 0.6) is 0 Å². The minimum absolute atomic E-state index is 0. The van der Waals surface area contributed by atoms with Gasteiger partial charge in [-0.25, -0.2) is 12.7 Å². The molecule has 1 saturated carbocycles. The molecule has 2 rings (SSSR count). The van der Waals surface area contributed by atoms with Crippen LogP contribution in [0.15, 0.2) is 0 Å². The number of halogens is 1. The second kappa shape index (κ2) is 6.88. The Labute approximate surface area is 120 Å². The number of carbonyl (C=O) groups is 1. The minimum Gasteiger partial charge on any atom is -0.355 e. The largest absolute Gasteiger partial charge is 0.355 e. The Hall–Kier alpha value is -0.370. The number of amides is 1. The molecule has 1 unspecified atom stereocenters. The van der Waals surface area contributed by atoms with Crippen molar-refractivity contribution in [3.63, 3.8) is 0 Å². The highest BCUT2D eigenvalue weighted by Gasteiger charge is 2.42. The van der Waals surface area contributed by atoms with Crippen molar-refractivity contribution >= 4 is 28.3 Å². The van der Waals surface area contributed by atoms with Crippen LogP contribution in [0.4, 0.5) is 0 Å². The fraction of sp³-hybridized carbons (Fsp3) is 0.909. The number of rotatable bonds is 5. The third-order valence-corrected chi connectivity index (χ3v) is 5.87. The summed E-state index contributed by atoms with van der Waals surface area (Å²) in [5.74, 6) is -0.296. The maximum Gasteiger partial charge on any atom is 0.224 e. The van der Waals surface area contributed by atoms with Crippen molar-refractivity contribution in [2.24, 2.45) is 11.7 Å². The number of hydrogen-bond acceptors (Lipinski definition) is 4. The molecule has 0 aromatic rings. The van der Waals surface area contributed by atoms with Crippen molar-refractivity contribution in [3.8, 4) is 0 Å². The van der Waals surface area contributed by atoms with Gasteiger partial charge < -0.3 is 11.1 Å². The summed E-state index contributed by atoms with van der Waals surface area (Å²) in [7, 11) is -3.15. The average Bonchev–Trinajstić information content (AvgIpc) is 3.20. The van der Waals surface area contributed by atoms with Crippen molar-refractivity contribution in [1.82, 2.24) is 9.62 Å². The number of nitrogens with one attached hydrogen (secondary N) is 1. The van der Waals surface area contributed by atoms with Crippen LogP contribution in [-0.4, -0.2) is 50.1 Å². The van der Waals surface area contributed by atoms with Gasteiger partial charge in [0.15, 0.2) is 0 Å². The van der Waals surface area contributed by atoms with Crippen LogP contribution in [0.3, 0.4) is 0 Å². The van der Waals surface area contributed by atoms with Crippen LogP contribution in [0, 0.1) is 5.92 Å². The standard InChI is InChI=1S/C11H21N3O3S.ClH/c12-5-6-13-11(15)9-2-1-7-14(8-9)18(16,17)10-3-4-10;/h9-10H,1-8,12H2,(H,13,15);1H. The number of hydrogen-bond donors (Lipinski definition) is 2. The average molecular weight is 312 g/mol. The SMILES string of the molecule is Cl.NCCNC(=O)C1CCCN(S(=O)(=O)C2CC2)C1. The van der Waals surface area contributed by atoms with E-state index in [0.29, 0.717) is 26.2 Å². The lowest BCUT2D eigenvalue weighted by Gasteiger charge is -2.31. The Kier molecular flexibility index (Phi) is 6.04. The Morgan fingerprint density at radius 3 is 2.58 bits per heavy atom. The zero-order valence-corrected chi connectivity index (χ0v) is 12.5. The summed E-state index contributed by atoms with van der Waals surface area (Å²) in [6.07, 6.45) is 3.05. The first-order chi connectivity index (χ1) is 8.55. The number of piperidine rings is 1. The quantitative estimate of drug-likeness (QED) is 0.728. The number of nitrogens with two attached hydrogens (primary N) is 1. The zero-order chi connectivity index (χ0) is 13.2. The fourth-order valence-electron chi connectivity index (χ4n) is 2.30. The van der Waals surface area contributed by atoms with E-state index in [-0.39, 0.29) is 29.5 Å². The van der Waals surface area contributed by atoms with Gasteiger partial charge in [-0.3, -0.25) is 4.79 Å². The highest BCUT2D eigenvalue weighted by Crippen LogP contribution is 2.33. The Morgan fingerprint density at radius 1 is 1.32 bits per heavy atom. The maximum atomic E-state index is 12.1. The molecule has 8 heteroatoms. The lowest BCUT2D eigenvalue weighted by molar-refractivity contribution is -0.126. The van der Waals surface area contributed by atoms with Crippen LogP contribution in [0.1, 0.15) is 25.7 Å². The van der Waals surface area contributed by atoms with Gasteiger partial charge in [-0.2, -0.15) is 0 Å². The summed E-state index contributed by atoms with van der Waals surface area (Å²) < 4.78 is 25.7. The molecule has 0 aromatic heterocycles. The molecule has 1 aliphatic carbocycles. The predicted octanol–water partition coefficient (Wildman–Crippen LogP) is -0.313. The van der Waals surface area contributed by atoms with E-state index in [1.807, 2.05) is 0 Å². The smallest absolute Gasteiger partial charge is 0.224 e. The molecule has 1 atom stereocenters. The molecule has 0 aromatic carbocycles. The molecule has 1 heterocycles. The highest BCUT2D eigenvalue weighted by atomic mass is 35.5. The topological polar surface area (TPSA) is 92.5 Å². The Morgan fingerprint density at radius 2 is 2.00 bits per heavy atom. The van der Waals surface area contributed by atoms with Crippen LogP contribution < -0.4 is 11.1 Å². The van der Waals surface area contributed by atoms with Crippen molar-refractivity contribution < 1.29 is 13.2 Å². The van der Waals surface area contributed by atoms with E-state index in [1.54, 1.807) is 0 Å². The number of nitrogens with zero attached hydrogens (tertiary/aromatic N) is 1. The van der Waals surface area contributed by atoms with E-state index in [1.165, 1.54) is 4.31 Å². The molecule has 6 nitrogen and oxygen atoms in total. The van der Waals surface area contributed by atoms with Crippen molar-refractivity contribution in [2.45, 2.75) is 30.9 Å².